The summed E-state index contributed by atoms with van der Waals surface area (Å²) in [5.41, 5.74) is 1.07. The topological polar surface area (TPSA) is 27.7 Å². The SMILES string of the molecule is C=C(B1OC(C)(C)C(C)(C)O1)c1ccc(Oc2ccccc2)cc1. The van der Waals surface area contributed by atoms with Gasteiger partial charge in [0.05, 0.1) is 11.2 Å². The summed E-state index contributed by atoms with van der Waals surface area (Å²) >= 11 is 0. The summed E-state index contributed by atoms with van der Waals surface area (Å²) < 4.78 is 17.9. The Bertz CT molecular complexity index is 704. The van der Waals surface area contributed by atoms with Gasteiger partial charge in [0.1, 0.15) is 11.5 Å². The molecule has 0 atom stereocenters. The van der Waals surface area contributed by atoms with E-state index >= 15 is 0 Å². The molecular formula is C20H23BO3. The molecule has 1 aliphatic heterocycles. The Labute approximate surface area is 144 Å². The van der Waals surface area contributed by atoms with Crippen LogP contribution in [0.1, 0.15) is 33.3 Å². The Morgan fingerprint density at radius 2 is 1.33 bits per heavy atom. The van der Waals surface area contributed by atoms with E-state index in [2.05, 4.69) is 6.58 Å². The van der Waals surface area contributed by atoms with Crippen LogP contribution >= 0.6 is 0 Å². The maximum absolute atomic E-state index is 6.05. The van der Waals surface area contributed by atoms with E-state index in [1.165, 1.54) is 0 Å². The third-order valence-corrected chi connectivity index (χ3v) is 4.74. The number of ether oxygens (including phenoxy) is 1. The van der Waals surface area contributed by atoms with E-state index in [0.717, 1.165) is 22.5 Å². The van der Waals surface area contributed by atoms with E-state index in [1.807, 2.05) is 82.3 Å². The van der Waals surface area contributed by atoms with Crippen molar-refractivity contribution in [2.24, 2.45) is 0 Å². The summed E-state index contributed by atoms with van der Waals surface area (Å²) in [5.74, 6) is 1.60. The molecule has 0 unspecified atom stereocenters. The molecular weight excluding hydrogens is 299 g/mol. The van der Waals surface area contributed by atoms with Crippen molar-refractivity contribution >= 4 is 12.6 Å². The van der Waals surface area contributed by atoms with Crippen LogP contribution in [0.2, 0.25) is 0 Å². The maximum Gasteiger partial charge on any atom is 0.494 e. The van der Waals surface area contributed by atoms with Gasteiger partial charge in [-0.05, 0) is 63.0 Å². The minimum absolute atomic E-state index is 0.364. The van der Waals surface area contributed by atoms with Gasteiger partial charge in [-0.15, -0.1) is 0 Å². The average molecular weight is 322 g/mol. The minimum atomic E-state index is -0.434. The van der Waals surface area contributed by atoms with E-state index in [1.54, 1.807) is 0 Å². The third-order valence-electron chi connectivity index (χ3n) is 4.74. The van der Waals surface area contributed by atoms with Gasteiger partial charge in [-0.1, -0.05) is 36.9 Å². The van der Waals surface area contributed by atoms with Crippen molar-refractivity contribution < 1.29 is 14.0 Å². The van der Waals surface area contributed by atoms with Crippen LogP contribution < -0.4 is 4.74 Å². The van der Waals surface area contributed by atoms with Crippen molar-refractivity contribution in [1.82, 2.24) is 0 Å². The highest BCUT2D eigenvalue weighted by atomic mass is 16.7. The van der Waals surface area contributed by atoms with Crippen molar-refractivity contribution in [2.45, 2.75) is 38.9 Å². The van der Waals surface area contributed by atoms with E-state index in [4.69, 9.17) is 14.0 Å². The lowest BCUT2D eigenvalue weighted by molar-refractivity contribution is 0.00578. The maximum atomic E-state index is 6.05. The molecule has 1 aliphatic rings. The molecule has 3 rings (SSSR count). The molecule has 0 spiro atoms. The second-order valence-corrected chi connectivity index (χ2v) is 7.05. The summed E-state index contributed by atoms with van der Waals surface area (Å²) in [6.07, 6.45) is 0. The second-order valence-electron chi connectivity index (χ2n) is 7.05. The van der Waals surface area contributed by atoms with Gasteiger partial charge in [0.2, 0.25) is 0 Å². The molecule has 0 radical (unpaired) electrons. The first-order chi connectivity index (χ1) is 11.3. The fourth-order valence-corrected chi connectivity index (χ4v) is 2.48. The largest absolute Gasteiger partial charge is 0.494 e. The van der Waals surface area contributed by atoms with Crippen LogP contribution in [0.25, 0.3) is 5.47 Å². The Balaban J connectivity index is 1.71. The van der Waals surface area contributed by atoms with Crippen molar-refractivity contribution in [3.8, 4) is 11.5 Å². The van der Waals surface area contributed by atoms with E-state index in [-0.39, 0.29) is 11.2 Å². The molecule has 0 bridgehead atoms. The van der Waals surface area contributed by atoms with E-state index in [9.17, 15) is 0 Å². The Hall–Kier alpha value is -2.04. The zero-order chi connectivity index (χ0) is 17.4. The standard InChI is InChI=1S/C20H23BO3/c1-15(21-23-19(2,3)20(4,5)24-21)16-11-13-18(14-12-16)22-17-9-7-6-8-10-17/h6-14H,1H2,2-5H3. The van der Waals surface area contributed by atoms with Gasteiger partial charge in [-0.3, -0.25) is 0 Å². The Morgan fingerprint density at radius 3 is 1.88 bits per heavy atom. The zero-order valence-electron chi connectivity index (χ0n) is 14.7. The van der Waals surface area contributed by atoms with Gasteiger partial charge >= 0.3 is 7.12 Å². The van der Waals surface area contributed by atoms with Gasteiger partial charge < -0.3 is 14.0 Å². The highest BCUT2D eigenvalue weighted by Crippen LogP contribution is 2.40. The normalized spacial score (nSPS) is 18.4. The lowest BCUT2D eigenvalue weighted by Crippen LogP contribution is -2.41. The molecule has 3 nitrogen and oxygen atoms in total. The lowest BCUT2D eigenvalue weighted by Gasteiger charge is -2.32. The predicted octanol–water partition coefficient (Wildman–Crippen LogP) is 5.12. The van der Waals surface area contributed by atoms with Gasteiger partial charge in [0, 0.05) is 0 Å². The van der Waals surface area contributed by atoms with Crippen molar-refractivity contribution in [1.29, 1.82) is 0 Å². The molecule has 0 aliphatic carbocycles. The number of para-hydroxylation sites is 1. The van der Waals surface area contributed by atoms with Crippen molar-refractivity contribution in [3.63, 3.8) is 0 Å². The van der Waals surface area contributed by atoms with Gasteiger partial charge in [-0.25, -0.2) is 0 Å². The van der Waals surface area contributed by atoms with E-state index in [0.29, 0.717) is 0 Å². The molecule has 1 heterocycles. The number of rotatable bonds is 4. The number of benzene rings is 2. The Morgan fingerprint density at radius 1 is 0.833 bits per heavy atom. The number of hydrogen-bond acceptors (Lipinski definition) is 3. The fourth-order valence-electron chi connectivity index (χ4n) is 2.48. The van der Waals surface area contributed by atoms with Crippen molar-refractivity contribution in [3.05, 3.63) is 66.7 Å². The molecule has 2 aromatic carbocycles. The molecule has 1 fully saturated rings. The van der Waals surface area contributed by atoms with Crippen molar-refractivity contribution in [2.75, 3.05) is 0 Å². The molecule has 1 saturated heterocycles. The number of hydrogen-bond donors (Lipinski definition) is 0. The molecule has 4 heteroatoms. The average Bonchev–Trinajstić information content (AvgIpc) is 2.76. The van der Waals surface area contributed by atoms with Crippen LogP contribution in [-0.4, -0.2) is 18.3 Å². The molecule has 0 aromatic heterocycles. The molecule has 24 heavy (non-hydrogen) atoms. The highest BCUT2D eigenvalue weighted by molar-refractivity contribution is 6.68. The fraction of sp³-hybridized carbons (Fsp3) is 0.300. The first kappa shape index (κ1) is 16.8. The van der Waals surface area contributed by atoms with E-state index < -0.39 is 7.12 Å². The molecule has 0 amide bonds. The molecule has 124 valence electrons. The quantitative estimate of drug-likeness (QED) is 0.731. The summed E-state index contributed by atoms with van der Waals surface area (Å²) in [6, 6.07) is 17.5. The van der Waals surface area contributed by atoms with Crippen LogP contribution in [-0.2, 0) is 9.31 Å². The second kappa shape index (κ2) is 6.12. The van der Waals surface area contributed by atoms with Crippen LogP contribution in [0.4, 0.5) is 0 Å². The molecule has 2 aromatic rings. The van der Waals surface area contributed by atoms with Crippen LogP contribution in [0.3, 0.4) is 0 Å². The predicted molar refractivity (Wildman–Crippen MR) is 98.1 cm³/mol. The van der Waals surface area contributed by atoms with Gasteiger partial charge in [0.25, 0.3) is 0 Å². The van der Waals surface area contributed by atoms with Gasteiger partial charge in [-0.2, -0.15) is 0 Å². The van der Waals surface area contributed by atoms with Crippen LogP contribution in [0.5, 0.6) is 11.5 Å². The van der Waals surface area contributed by atoms with Crippen LogP contribution in [0, 0.1) is 0 Å². The summed E-state index contributed by atoms with van der Waals surface area (Å²) in [5, 5.41) is 0. The summed E-state index contributed by atoms with van der Waals surface area (Å²) in [7, 11) is -0.434. The highest BCUT2D eigenvalue weighted by Gasteiger charge is 2.52. The lowest BCUT2D eigenvalue weighted by atomic mass is 9.75. The molecule has 0 saturated carbocycles. The summed E-state index contributed by atoms with van der Waals surface area (Å²) in [6.45, 7) is 12.3. The first-order valence-electron chi connectivity index (χ1n) is 8.16. The third kappa shape index (κ3) is 3.26. The summed E-state index contributed by atoms with van der Waals surface area (Å²) in [4.78, 5) is 0. The minimum Gasteiger partial charge on any atom is -0.457 e. The first-order valence-corrected chi connectivity index (χ1v) is 8.16. The smallest absolute Gasteiger partial charge is 0.457 e. The zero-order valence-corrected chi connectivity index (χ0v) is 14.7. The molecule has 0 N–H and O–H groups in total. The monoisotopic (exact) mass is 322 g/mol. The van der Waals surface area contributed by atoms with Gasteiger partial charge in [0.15, 0.2) is 0 Å². The van der Waals surface area contributed by atoms with Crippen LogP contribution in [0.15, 0.2) is 61.2 Å². The Kier molecular flexibility index (Phi) is 4.28.